The minimum absolute atomic E-state index is 0.0554. The SMILES string of the molecule is [2H]c1c([2H])c([2H])c2c(oc3c([2H])c([2H])c([2H])c(-c4c5c([2H])c([2H])c([2H])c([2H])c5c(-c5cccc(-c6cccc7ccccc67)c5)c5c([2H])c([2H])c([2H])c([2H])c45)c32)c1[2H]. The Balaban J connectivity index is 1.58. The zero-order valence-corrected chi connectivity index (χ0v) is 22.3. The zero-order valence-electron chi connectivity index (χ0n) is 37.3. The second kappa shape index (κ2) is 9.44. The first-order chi connectivity index (χ1) is 27.6. The normalized spacial score (nSPS) is 16.6. The molecule has 0 radical (unpaired) electrons. The molecule has 0 aliphatic carbocycles. The number of para-hydroxylation sites is 1. The summed E-state index contributed by atoms with van der Waals surface area (Å²) < 4.78 is 140. The van der Waals surface area contributed by atoms with Crippen LogP contribution in [0.5, 0.6) is 0 Å². The zero-order chi connectivity index (χ0) is 41.4. The lowest BCUT2D eigenvalue weighted by atomic mass is 9.84. The van der Waals surface area contributed by atoms with E-state index in [4.69, 9.17) is 18.1 Å². The van der Waals surface area contributed by atoms with E-state index in [9.17, 15) is 6.85 Å². The molecule has 0 fully saturated rings. The molecule has 1 heteroatoms. The molecule has 200 valence electrons. The molecule has 0 aliphatic rings. The van der Waals surface area contributed by atoms with Crippen molar-refractivity contribution in [3.05, 3.63) is 157 Å². The molecule has 0 unspecified atom stereocenters. The van der Waals surface area contributed by atoms with E-state index >= 15 is 0 Å². The summed E-state index contributed by atoms with van der Waals surface area (Å²) in [6.07, 6.45) is 0. The first kappa shape index (κ1) is 13.5. The molecule has 43 heavy (non-hydrogen) atoms. The quantitative estimate of drug-likeness (QED) is 0.196. The van der Waals surface area contributed by atoms with Crippen LogP contribution in [0.2, 0.25) is 0 Å². The third-order valence-corrected chi connectivity index (χ3v) is 7.82. The second-order valence-electron chi connectivity index (χ2n) is 10.1. The van der Waals surface area contributed by atoms with Crippen molar-refractivity contribution in [3.8, 4) is 33.4 Å². The second-order valence-corrected chi connectivity index (χ2v) is 10.1. The molecule has 9 aromatic rings. The fourth-order valence-electron chi connectivity index (χ4n) is 6.03. The van der Waals surface area contributed by atoms with Crippen LogP contribution < -0.4 is 0 Å². The van der Waals surface area contributed by atoms with Crippen LogP contribution in [0.4, 0.5) is 0 Å². The number of fused-ring (bicyclic) bond motifs is 6. The van der Waals surface area contributed by atoms with E-state index in [-0.39, 0.29) is 54.6 Å². The Hall–Kier alpha value is -5.66. The summed E-state index contributed by atoms with van der Waals surface area (Å²) in [6, 6.07) is 11.0. The summed E-state index contributed by atoms with van der Waals surface area (Å²) >= 11 is 0. The molecule has 9 rings (SSSR count). The highest BCUT2D eigenvalue weighted by Gasteiger charge is 2.20. The Morgan fingerprint density at radius 1 is 0.419 bits per heavy atom. The lowest BCUT2D eigenvalue weighted by Gasteiger charge is -2.19. The fraction of sp³-hybridized carbons (Fsp3) is 0. The van der Waals surface area contributed by atoms with E-state index in [0.29, 0.717) is 11.1 Å². The molecule has 0 aliphatic heterocycles. The van der Waals surface area contributed by atoms with Gasteiger partial charge >= 0.3 is 0 Å². The molecule has 0 N–H and O–H groups in total. The van der Waals surface area contributed by atoms with Crippen LogP contribution in [0.25, 0.3) is 87.6 Å². The molecule has 0 spiro atoms. The van der Waals surface area contributed by atoms with Crippen molar-refractivity contribution in [1.29, 1.82) is 0 Å². The van der Waals surface area contributed by atoms with Crippen LogP contribution in [0.1, 0.15) is 20.6 Å². The summed E-state index contributed by atoms with van der Waals surface area (Å²) in [7, 11) is 0. The van der Waals surface area contributed by atoms with Crippen molar-refractivity contribution in [2.45, 2.75) is 0 Å². The summed E-state index contributed by atoms with van der Waals surface area (Å²) in [4.78, 5) is 0. The summed E-state index contributed by atoms with van der Waals surface area (Å²) in [5, 5.41) is 0.531. The van der Waals surface area contributed by atoms with Gasteiger partial charge in [-0.25, -0.2) is 0 Å². The van der Waals surface area contributed by atoms with E-state index in [1.165, 1.54) is 0 Å². The molecule has 0 saturated heterocycles. The lowest BCUT2D eigenvalue weighted by molar-refractivity contribution is 0.669. The average Bonchev–Trinajstić information content (AvgIpc) is 3.63. The van der Waals surface area contributed by atoms with Crippen molar-refractivity contribution < 1.29 is 25.0 Å². The van der Waals surface area contributed by atoms with Gasteiger partial charge in [0, 0.05) is 10.8 Å². The van der Waals surface area contributed by atoms with E-state index in [1.807, 2.05) is 48.5 Å². The predicted molar refractivity (Wildman–Crippen MR) is 183 cm³/mol. The molecular weight excluding hydrogens is 520 g/mol. The first-order valence-electron chi connectivity index (χ1n) is 21.1. The van der Waals surface area contributed by atoms with E-state index in [0.717, 1.165) is 16.3 Å². The van der Waals surface area contributed by atoms with Crippen molar-refractivity contribution in [2.75, 3.05) is 0 Å². The van der Waals surface area contributed by atoms with Gasteiger partial charge in [-0.05, 0) is 83.8 Å². The van der Waals surface area contributed by atoms with Crippen molar-refractivity contribution in [3.63, 3.8) is 0 Å². The number of furan rings is 1. The van der Waals surface area contributed by atoms with Gasteiger partial charge in [-0.2, -0.15) is 0 Å². The van der Waals surface area contributed by atoms with E-state index in [2.05, 4.69) is 0 Å². The molecule has 1 heterocycles. The van der Waals surface area contributed by atoms with Crippen LogP contribution in [0, 0.1) is 0 Å². The van der Waals surface area contributed by atoms with Crippen LogP contribution in [-0.2, 0) is 0 Å². The van der Waals surface area contributed by atoms with Gasteiger partial charge < -0.3 is 4.42 Å². The highest BCUT2D eigenvalue weighted by molar-refractivity contribution is 6.25. The van der Waals surface area contributed by atoms with E-state index < -0.39 is 96.2 Å². The van der Waals surface area contributed by atoms with Gasteiger partial charge in [-0.1, -0.05) is 139 Å². The smallest absolute Gasteiger partial charge is 0.136 e. The maximum Gasteiger partial charge on any atom is 0.136 e. The molecule has 0 amide bonds. The van der Waals surface area contributed by atoms with Gasteiger partial charge in [-0.3, -0.25) is 0 Å². The minimum atomic E-state index is -0.716. The third kappa shape index (κ3) is 3.65. The predicted octanol–water partition coefficient (Wildman–Crippen LogP) is 12.0. The maximum atomic E-state index is 9.40. The molecule has 8 aromatic carbocycles. The topological polar surface area (TPSA) is 13.1 Å². The van der Waals surface area contributed by atoms with Gasteiger partial charge in [0.25, 0.3) is 0 Å². The molecule has 0 saturated carbocycles. The van der Waals surface area contributed by atoms with Crippen LogP contribution >= 0.6 is 0 Å². The summed E-state index contributed by atoms with van der Waals surface area (Å²) in [6.45, 7) is 0. The standard InChI is InChI=1S/C42H26O/c1-2-16-30-27(12-1)13-10-22-31(30)28-14-9-15-29(26-28)40-32-17-3-5-19-34(32)41(35-20-6-4-18-33(35)40)37-23-11-25-39-42(37)36-21-7-8-24-38(36)43-39/h1-26H/i3D,4D,5D,6D,7D,8D,11D,17D,18D,19D,20D,21D,23D,24D,25D. The van der Waals surface area contributed by atoms with Crippen LogP contribution in [0.15, 0.2) is 162 Å². The Kier molecular flexibility index (Phi) is 2.97. The molecule has 1 nitrogen and oxygen atoms in total. The van der Waals surface area contributed by atoms with Crippen molar-refractivity contribution in [1.82, 2.24) is 0 Å². The molecule has 0 bridgehead atoms. The summed E-state index contributed by atoms with van der Waals surface area (Å²) in [5.74, 6) is 0. The first-order valence-corrected chi connectivity index (χ1v) is 13.6. The minimum Gasteiger partial charge on any atom is -0.456 e. The molecule has 1 aromatic heterocycles. The Morgan fingerprint density at radius 2 is 1.02 bits per heavy atom. The van der Waals surface area contributed by atoms with Gasteiger partial charge in [0.05, 0.1) is 20.6 Å². The lowest BCUT2D eigenvalue weighted by Crippen LogP contribution is -1.91. The number of hydrogen-bond acceptors (Lipinski definition) is 1. The van der Waals surface area contributed by atoms with Gasteiger partial charge in [0.2, 0.25) is 0 Å². The highest BCUT2D eigenvalue weighted by atomic mass is 16.3. The Morgan fingerprint density at radius 3 is 1.81 bits per heavy atom. The monoisotopic (exact) mass is 561 g/mol. The van der Waals surface area contributed by atoms with Crippen LogP contribution in [-0.4, -0.2) is 0 Å². The van der Waals surface area contributed by atoms with Crippen LogP contribution in [0.3, 0.4) is 0 Å². The number of hydrogen-bond donors (Lipinski definition) is 0. The number of rotatable bonds is 3. The maximum absolute atomic E-state index is 9.40. The fourth-order valence-corrected chi connectivity index (χ4v) is 6.03. The highest BCUT2D eigenvalue weighted by Crippen LogP contribution is 2.47. The average molecular weight is 562 g/mol. The number of benzene rings is 8. The molecular formula is C42H26O. The molecule has 0 atom stereocenters. The third-order valence-electron chi connectivity index (χ3n) is 7.82. The van der Waals surface area contributed by atoms with Crippen molar-refractivity contribution >= 4 is 54.3 Å². The Labute approximate surface area is 270 Å². The Bertz CT molecular complexity index is 3270. The summed E-state index contributed by atoms with van der Waals surface area (Å²) in [5.41, 5.74) is 0.486. The largest absolute Gasteiger partial charge is 0.456 e. The van der Waals surface area contributed by atoms with E-state index in [1.54, 1.807) is 18.2 Å². The van der Waals surface area contributed by atoms with Gasteiger partial charge in [-0.15, -0.1) is 0 Å². The van der Waals surface area contributed by atoms with Crippen molar-refractivity contribution in [2.24, 2.45) is 0 Å². The van der Waals surface area contributed by atoms with Gasteiger partial charge in [0.15, 0.2) is 0 Å². The van der Waals surface area contributed by atoms with Gasteiger partial charge in [0.1, 0.15) is 11.2 Å².